The molecule has 0 saturated carbocycles. The highest BCUT2D eigenvalue weighted by atomic mass is 19.1. The molecule has 20 heavy (non-hydrogen) atoms. The Balaban J connectivity index is 1.84. The molecule has 4 nitrogen and oxygen atoms in total. The maximum Gasteiger partial charge on any atom is 0.304 e. The van der Waals surface area contributed by atoms with Crippen LogP contribution in [0.4, 0.5) is 8.78 Å². The first-order valence-electron chi connectivity index (χ1n) is 6.65. The molecule has 1 aromatic rings. The van der Waals surface area contributed by atoms with Gasteiger partial charge in [-0.1, -0.05) is 6.07 Å². The van der Waals surface area contributed by atoms with Crippen molar-refractivity contribution in [3.05, 3.63) is 35.4 Å². The van der Waals surface area contributed by atoms with Gasteiger partial charge in [-0.15, -0.1) is 0 Å². The van der Waals surface area contributed by atoms with Crippen LogP contribution < -0.4 is 0 Å². The number of halogens is 2. The maximum absolute atomic E-state index is 13.5. The summed E-state index contributed by atoms with van der Waals surface area (Å²) in [5, 5.41) is 8.63. The largest absolute Gasteiger partial charge is 0.481 e. The van der Waals surface area contributed by atoms with Crippen molar-refractivity contribution in [1.29, 1.82) is 0 Å². The van der Waals surface area contributed by atoms with Crippen LogP contribution in [0.5, 0.6) is 0 Å². The Hall–Kier alpha value is -1.53. The van der Waals surface area contributed by atoms with Crippen LogP contribution in [0.2, 0.25) is 0 Å². The van der Waals surface area contributed by atoms with Gasteiger partial charge in [-0.25, -0.2) is 8.78 Å². The van der Waals surface area contributed by atoms with E-state index in [0.717, 1.165) is 13.1 Å². The minimum absolute atomic E-state index is 0.103. The lowest BCUT2D eigenvalue weighted by Crippen LogP contribution is -2.46. The van der Waals surface area contributed by atoms with Gasteiger partial charge in [-0.05, 0) is 12.1 Å². The average Bonchev–Trinajstić information content (AvgIpc) is 2.42. The smallest absolute Gasteiger partial charge is 0.304 e. The Morgan fingerprint density at radius 1 is 1.10 bits per heavy atom. The van der Waals surface area contributed by atoms with Crippen LogP contribution in [0.15, 0.2) is 18.2 Å². The molecule has 0 spiro atoms. The summed E-state index contributed by atoms with van der Waals surface area (Å²) in [6.45, 7) is 3.61. The van der Waals surface area contributed by atoms with E-state index in [4.69, 9.17) is 5.11 Å². The van der Waals surface area contributed by atoms with Crippen LogP contribution in [0.25, 0.3) is 0 Å². The number of hydrogen-bond donors (Lipinski definition) is 1. The van der Waals surface area contributed by atoms with Crippen molar-refractivity contribution in [3.63, 3.8) is 0 Å². The Morgan fingerprint density at radius 3 is 2.20 bits per heavy atom. The number of nitrogens with zero attached hydrogens (tertiary/aromatic N) is 2. The van der Waals surface area contributed by atoms with Crippen molar-refractivity contribution in [2.24, 2.45) is 0 Å². The van der Waals surface area contributed by atoms with Crippen LogP contribution in [-0.2, 0) is 11.3 Å². The van der Waals surface area contributed by atoms with E-state index in [1.165, 1.54) is 18.2 Å². The number of hydrogen-bond acceptors (Lipinski definition) is 3. The van der Waals surface area contributed by atoms with Gasteiger partial charge in [0.05, 0.1) is 6.42 Å². The van der Waals surface area contributed by atoms with Crippen molar-refractivity contribution in [2.45, 2.75) is 13.0 Å². The molecule has 0 atom stereocenters. The summed E-state index contributed by atoms with van der Waals surface area (Å²) in [5.41, 5.74) is 0.103. The second kappa shape index (κ2) is 6.76. The molecule has 1 fully saturated rings. The average molecular weight is 284 g/mol. The van der Waals surface area contributed by atoms with Crippen molar-refractivity contribution >= 4 is 5.97 Å². The van der Waals surface area contributed by atoms with E-state index in [2.05, 4.69) is 4.90 Å². The van der Waals surface area contributed by atoms with Gasteiger partial charge >= 0.3 is 5.97 Å². The standard InChI is InChI=1S/C14H18F2N2O2/c15-12-2-1-3-13(16)11(12)10-18-8-6-17(7-9-18)5-4-14(19)20/h1-3H,4-10H2,(H,19,20). The monoisotopic (exact) mass is 284 g/mol. The van der Waals surface area contributed by atoms with E-state index in [0.29, 0.717) is 19.6 Å². The summed E-state index contributed by atoms with van der Waals surface area (Å²) >= 11 is 0. The lowest BCUT2D eigenvalue weighted by molar-refractivity contribution is -0.137. The first-order valence-corrected chi connectivity index (χ1v) is 6.65. The first-order chi connectivity index (χ1) is 9.56. The molecular formula is C14H18F2N2O2. The fourth-order valence-electron chi connectivity index (χ4n) is 2.33. The van der Waals surface area contributed by atoms with Gasteiger partial charge in [0.15, 0.2) is 0 Å². The Morgan fingerprint density at radius 2 is 1.65 bits per heavy atom. The van der Waals surface area contributed by atoms with Crippen LogP contribution >= 0.6 is 0 Å². The fourth-order valence-corrected chi connectivity index (χ4v) is 2.33. The molecule has 6 heteroatoms. The summed E-state index contributed by atoms with van der Waals surface area (Å²) in [7, 11) is 0. The number of benzene rings is 1. The molecule has 0 bridgehead atoms. The van der Waals surface area contributed by atoms with Crippen LogP contribution in [0.3, 0.4) is 0 Å². The first kappa shape index (κ1) is 14.9. The quantitative estimate of drug-likeness (QED) is 0.891. The minimum atomic E-state index is -0.805. The molecule has 1 heterocycles. The molecular weight excluding hydrogens is 266 g/mol. The zero-order valence-electron chi connectivity index (χ0n) is 11.2. The predicted molar refractivity (Wildman–Crippen MR) is 70.3 cm³/mol. The lowest BCUT2D eigenvalue weighted by Gasteiger charge is -2.34. The predicted octanol–water partition coefficient (Wildman–Crippen LogP) is 1.56. The van der Waals surface area contributed by atoms with Crippen LogP contribution in [-0.4, -0.2) is 53.6 Å². The molecule has 0 aromatic heterocycles. The molecule has 0 amide bonds. The molecule has 1 aliphatic heterocycles. The number of aliphatic carboxylic acids is 1. The Labute approximate surface area is 116 Å². The molecule has 1 saturated heterocycles. The van der Waals surface area contributed by atoms with Crippen molar-refractivity contribution < 1.29 is 18.7 Å². The van der Waals surface area contributed by atoms with Crippen LogP contribution in [0, 0.1) is 11.6 Å². The number of carboxylic acid groups (broad SMARTS) is 1. The highest BCUT2D eigenvalue weighted by molar-refractivity contribution is 5.66. The van der Waals surface area contributed by atoms with Gasteiger partial charge in [0, 0.05) is 44.8 Å². The molecule has 0 aliphatic carbocycles. The molecule has 1 aliphatic rings. The van der Waals surface area contributed by atoms with Gasteiger partial charge in [0.2, 0.25) is 0 Å². The second-order valence-corrected chi connectivity index (χ2v) is 4.96. The topological polar surface area (TPSA) is 43.8 Å². The Kier molecular flexibility index (Phi) is 5.03. The molecule has 1 N–H and O–H groups in total. The summed E-state index contributed by atoms with van der Waals surface area (Å²) < 4.78 is 27.1. The van der Waals surface area contributed by atoms with Crippen molar-refractivity contribution in [3.8, 4) is 0 Å². The zero-order valence-corrected chi connectivity index (χ0v) is 11.2. The third kappa shape index (κ3) is 3.98. The molecule has 110 valence electrons. The SMILES string of the molecule is O=C(O)CCN1CCN(Cc2c(F)cccc2F)CC1. The summed E-state index contributed by atoms with van der Waals surface area (Å²) in [5.74, 6) is -1.84. The normalized spacial score (nSPS) is 17.3. The van der Waals surface area contributed by atoms with E-state index in [1.54, 1.807) is 0 Å². The van der Waals surface area contributed by atoms with Gasteiger partial charge in [-0.2, -0.15) is 0 Å². The van der Waals surface area contributed by atoms with Gasteiger partial charge in [0.1, 0.15) is 11.6 Å². The third-order valence-corrected chi connectivity index (χ3v) is 3.55. The minimum Gasteiger partial charge on any atom is -0.481 e. The maximum atomic E-state index is 13.5. The van der Waals surface area contributed by atoms with Crippen molar-refractivity contribution in [2.75, 3.05) is 32.7 Å². The molecule has 1 aromatic carbocycles. The number of rotatable bonds is 5. The van der Waals surface area contributed by atoms with Gasteiger partial charge in [-0.3, -0.25) is 9.69 Å². The van der Waals surface area contributed by atoms with Crippen LogP contribution in [0.1, 0.15) is 12.0 Å². The van der Waals surface area contributed by atoms with Gasteiger partial charge in [0.25, 0.3) is 0 Å². The van der Waals surface area contributed by atoms with E-state index in [9.17, 15) is 13.6 Å². The lowest BCUT2D eigenvalue weighted by atomic mass is 10.1. The number of carbonyl (C=O) groups is 1. The third-order valence-electron chi connectivity index (χ3n) is 3.55. The fraction of sp³-hybridized carbons (Fsp3) is 0.500. The summed E-state index contributed by atoms with van der Waals surface area (Å²) in [4.78, 5) is 14.5. The van der Waals surface area contributed by atoms with E-state index in [1.807, 2.05) is 4.90 Å². The second-order valence-electron chi connectivity index (χ2n) is 4.96. The highest BCUT2D eigenvalue weighted by Crippen LogP contribution is 2.15. The van der Waals surface area contributed by atoms with E-state index >= 15 is 0 Å². The molecule has 2 rings (SSSR count). The zero-order chi connectivity index (χ0) is 14.5. The molecule has 0 unspecified atom stereocenters. The van der Waals surface area contributed by atoms with E-state index < -0.39 is 17.6 Å². The Bertz CT molecular complexity index is 454. The van der Waals surface area contributed by atoms with E-state index in [-0.39, 0.29) is 18.5 Å². The highest BCUT2D eigenvalue weighted by Gasteiger charge is 2.19. The summed E-state index contributed by atoms with van der Waals surface area (Å²) in [6.07, 6.45) is 0.127. The molecule has 0 radical (unpaired) electrons. The number of carboxylic acids is 1. The summed E-state index contributed by atoms with van der Waals surface area (Å²) in [6, 6.07) is 3.89. The van der Waals surface area contributed by atoms with Crippen molar-refractivity contribution in [1.82, 2.24) is 9.80 Å². The van der Waals surface area contributed by atoms with Gasteiger partial charge < -0.3 is 10.0 Å². The number of piperazine rings is 1.